The summed E-state index contributed by atoms with van der Waals surface area (Å²) in [5.41, 5.74) is 10.6. The molecule has 1 aromatic carbocycles. The van der Waals surface area contributed by atoms with Gasteiger partial charge in [0, 0.05) is 6.04 Å². The lowest BCUT2D eigenvalue weighted by molar-refractivity contribution is 0.569. The molecule has 1 heteroatoms. The first-order valence-electron chi connectivity index (χ1n) is 5.73. The summed E-state index contributed by atoms with van der Waals surface area (Å²) in [4.78, 5) is 0. The van der Waals surface area contributed by atoms with Crippen molar-refractivity contribution < 1.29 is 0 Å². The minimum Gasteiger partial charge on any atom is -0.324 e. The van der Waals surface area contributed by atoms with Gasteiger partial charge in [-0.3, -0.25) is 0 Å². The second-order valence-corrected chi connectivity index (χ2v) is 4.73. The van der Waals surface area contributed by atoms with Crippen LogP contribution in [0.5, 0.6) is 0 Å². The van der Waals surface area contributed by atoms with E-state index in [2.05, 4.69) is 18.2 Å². The van der Waals surface area contributed by atoms with Gasteiger partial charge in [0.2, 0.25) is 0 Å². The lowest BCUT2D eigenvalue weighted by Gasteiger charge is -2.22. The van der Waals surface area contributed by atoms with E-state index in [1.165, 1.54) is 48.8 Å². The van der Waals surface area contributed by atoms with Gasteiger partial charge in [-0.2, -0.15) is 0 Å². The average molecular weight is 187 g/mol. The quantitative estimate of drug-likeness (QED) is 0.718. The molecule has 1 atom stereocenters. The maximum atomic E-state index is 6.14. The van der Waals surface area contributed by atoms with E-state index < -0.39 is 0 Å². The van der Waals surface area contributed by atoms with Gasteiger partial charge < -0.3 is 5.73 Å². The Hall–Kier alpha value is -0.820. The highest BCUT2D eigenvalue weighted by Gasteiger charge is 2.25. The predicted molar refractivity (Wildman–Crippen MR) is 58.3 cm³/mol. The molecule has 1 aromatic rings. The Morgan fingerprint density at radius 2 is 2.00 bits per heavy atom. The van der Waals surface area contributed by atoms with E-state index in [1.54, 1.807) is 0 Å². The second-order valence-electron chi connectivity index (χ2n) is 4.73. The van der Waals surface area contributed by atoms with Crippen molar-refractivity contribution in [3.05, 3.63) is 34.9 Å². The van der Waals surface area contributed by atoms with Crippen LogP contribution in [0.25, 0.3) is 0 Å². The number of hydrogen-bond acceptors (Lipinski definition) is 1. The third kappa shape index (κ3) is 1.36. The van der Waals surface area contributed by atoms with E-state index in [0.717, 1.165) is 5.92 Å². The van der Waals surface area contributed by atoms with E-state index >= 15 is 0 Å². The molecule has 2 aliphatic carbocycles. The molecule has 14 heavy (non-hydrogen) atoms. The van der Waals surface area contributed by atoms with E-state index in [1.807, 2.05) is 0 Å². The average Bonchev–Trinajstić information content (AvgIpc) is 3.01. The Kier molecular flexibility index (Phi) is 1.88. The topological polar surface area (TPSA) is 26.0 Å². The van der Waals surface area contributed by atoms with Gasteiger partial charge in [-0.1, -0.05) is 18.2 Å². The molecule has 0 aromatic heterocycles. The van der Waals surface area contributed by atoms with E-state index in [-0.39, 0.29) is 0 Å². The molecule has 1 saturated carbocycles. The molecule has 2 aliphatic rings. The Morgan fingerprint density at radius 1 is 1.14 bits per heavy atom. The number of rotatable bonds is 1. The Morgan fingerprint density at radius 3 is 2.79 bits per heavy atom. The molecular weight excluding hydrogens is 170 g/mol. The Labute approximate surface area is 85.3 Å². The zero-order valence-electron chi connectivity index (χ0n) is 8.50. The van der Waals surface area contributed by atoms with Gasteiger partial charge >= 0.3 is 0 Å². The number of hydrogen-bond donors (Lipinski definition) is 1. The summed E-state index contributed by atoms with van der Waals surface area (Å²) in [5, 5.41) is 0. The van der Waals surface area contributed by atoms with Gasteiger partial charge in [0.25, 0.3) is 0 Å². The maximum absolute atomic E-state index is 6.14. The molecule has 74 valence electrons. The summed E-state index contributed by atoms with van der Waals surface area (Å²) in [7, 11) is 0. The molecule has 0 heterocycles. The van der Waals surface area contributed by atoms with Crippen molar-refractivity contribution in [2.75, 3.05) is 0 Å². The molecule has 0 amide bonds. The first kappa shape index (κ1) is 8.49. The van der Waals surface area contributed by atoms with Crippen molar-refractivity contribution in [1.82, 2.24) is 0 Å². The van der Waals surface area contributed by atoms with Gasteiger partial charge in [-0.05, 0) is 54.7 Å². The summed E-state index contributed by atoms with van der Waals surface area (Å²) in [6, 6.07) is 7.30. The van der Waals surface area contributed by atoms with Crippen LogP contribution in [0.3, 0.4) is 0 Å². The van der Waals surface area contributed by atoms with Gasteiger partial charge in [0.1, 0.15) is 0 Å². The van der Waals surface area contributed by atoms with Gasteiger partial charge in [0.05, 0.1) is 0 Å². The highest BCUT2D eigenvalue weighted by atomic mass is 14.6. The van der Waals surface area contributed by atoms with Crippen LogP contribution >= 0.6 is 0 Å². The second kappa shape index (κ2) is 3.09. The third-order valence-electron chi connectivity index (χ3n) is 3.58. The lowest BCUT2D eigenvalue weighted by atomic mass is 9.86. The summed E-state index contributed by atoms with van der Waals surface area (Å²) < 4.78 is 0. The van der Waals surface area contributed by atoms with E-state index in [4.69, 9.17) is 5.73 Å². The molecule has 3 rings (SSSR count). The lowest BCUT2D eigenvalue weighted by Crippen LogP contribution is -2.17. The SMILES string of the molecule is NC1CCCc2ccc(C3CC3)cc21. The monoisotopic (exact) mass is 187 g/mol. The zero-order chi connectivity index (χ0) is 9.54. The molecular formula is C13H17N. The van der Waals surface area contributed by atoms with Gasteiger partial charge in [-0.15, -0.1) is 0 Å². The Balaban J connectivity index is 2.01. The zero-order valence-corrected chi connectivity index (χ0v) is 8.50. The van der Waals surface area contributed by atoms with Crippen LogP contribution in [0.2, 0.25) is 0 Å². The normalized spacial score (nSPS) is 25.9. The summed E-state index contributed by atoms with van der Waals surface area (Å²) in [6.07, 6.45) is 6.42. The van der Waals surface area contributed by atoms with Crippen LogP contribution in [0, 0.1) is 0 Å². The third-order valence-corrected chi connectivity index (χ3v) is 3.58. The molecule has 0 aliphatic heterocycles. The molecule has 1 nitrogen and oxygen atoms in total. The highest BCUT2D eigenvalue weighted by Crippen LogP contribution is 2.41. The van der Waals surface area contributed by atoms with Crippen molar-refractivity contribution in [1.29, 1.82) is 0 Å². The first-order chi connectivity index (χ1) is 6.84. The van der Waals surface area contributed by atoms with Crippen molar-refractivity contribution >= 4 is 0 Å². The summed E-state index contributed by atoms with van der Waals surface area (Å²) in [6.45, 7) is 0. The van der Waals surface area contributed by atoms with Crippen LogP contribution in [0.1, 0.15) is 54.3 Å². The van der Waals surface area contributed by atoms with Crippen LogP contribution in [0.4, 0.5) is 0 Å². The predicted octanol–water partition coefficient (Wildman–Crippen LogP) is 2.90. The molecule has 0 radical (unpaired) electrons. The molecule has 2 N–H and O–H groups in total. The molecule has 0 saturated heterocycles. The number of aryl methyl sites for hydroxylation is 1. The highest BCUT2D eigenvalue weighted by molar-refractivity contribution is 5.38. The van der Waals surface area contributed by atoms with Crippen LogP contribution < -0.4 is 5.73 Å². The van der Waals surface area contributed by atoms with E-state index in [0.29, 0.717) is 6.04 Å². The molecule has 1 fully saturated rings. The van der Waals surface area contributed by atoms with Crippen molar-refractivity contribution in [3.8, 4) is 0 Å². The fraction of sp³-hybridized carbons (Fsp3) is 0.538. The smallest absolute Gasteiger partial charge is 0.0297 e. The Bertz CT molecular complexity index is 352. The van der Waals surface area contributed by atoms with Crippen molar-refractivity contribution in [2.24, 2.45) is 5.73 Å². The fourth-order valence-electron chi connectivity index (χ4n) is 2.52. The summed E-state index contributed by atoms with van der Waals surface area (Å²) >= 11 is 0. The molecule has 0 spiro atoms. The minimum atomic E-state index is 0.303. The van der Waals surface area contributed by atoms with E-state index in [9.17, 15) is 0 Å². The van der Waals surface area contributed by atoms with Crippen LogP contribution in [-0.4, -0.2) is 0 Å². The van der Waals surface area contributed by atoms with Crippen molar-refractivity contribution in [3.63, 3.8) is 0 Å². The molecule has 0 bridgehead atoms. The number of fused-ring (bicyclic) bond motifs is 1. The van der Waals surface area contributed by atoms with Crippen LogP contribution in [-0.2, 0) is 6.42 Å². The summed E-state index contributed by atoms with van der Waals surface area (Å²) in [5.74, 6) is 0.856. The van der Waals surface area contributed by atoms with Gasteiger partial charge in [-0.25, -0.2) is 0 Å². The minimum absolute atomic E-state index is 0.303. The largest absolute Gasteiger partial charge is 0.324 e. The maximum Gasteiger partial charge on any atom is 0.0297 e. The number of nitrogens with two attached hydrogens (primary N) is 1. The molecule has 1 unspecified atom stereocenters. The van der Waals surface area contributed by atoms with Crippen molar-refractivity contribution in [2.45, 2.75) is 44.1 Å². The van der Waals surface area contributed by atoms with Crippen LogP contribution in [0.15, 0.2) is 18.2 Å². The van der Waals surface area contributed by atoms with Gasteiger partial charge in [0.15, 0.2) is 0 Å². The fourth-order valence-corrected chi connectivity index (χ4v) is 2.52. The first-order valence-corrected chi connectivity index (χ1v) is 5.73. The standard InChI is InChI=1S/C13H17N/c14-13-3-1-2-10-6-7-11(8-12(10)13)9-4-5-9/h6-9,13H,1-5,14H2. The number of benzene rings is 1.